The predicted octanol–water partition coefficient (Wildman–Crippen LogP) is 3.18. The fourth-order valence-corrected chi connectivity index (χ4v) is 2.76. The van der Waals surface area contributed by atoms with Crippen LogP contribution in [-0.4, -0.2) is 4.98 Å². The molecule has 0 aliphatic heterocycles. The third-order valence-electron chi connectivity index (χ3n) is 2.32. The van der Waals surface area contributed by atoms with Crippen LogP contribution in [0, 0.1) is 0 Å². The number of nitrogen functional groups attached to an aromatic ring is 1. The van der Waals surface area contributed by atoms with Gasteiger partial charge in [-0.05, 0) is 22.4 Å². The molecule has 74 valence electrons. The number of nitrogens with two attached hydrogens (primary N) is 1. The summed E-state index contributed by atoms with van der Waals surface area (Å²) in [6.07, 6.45) is 1.78. The van der Waals surface area contributed by atoms with Crippen molar-refractivity contribution in [2.75, 3.05) is 5.73 Å². The Hall–Kier alpha value is -1.09. The fourth-order valence-electron chi connectivity index (χ4n) is 1.56. The molecular formula is C11H14N2S. The smallest absolute Gasteiger partial charge is 0.141 e. The zero-order chi connectivity index (χ0) is 10.3. The van der Waals surface area contributed by atoms with Gasteiger partial charge in [-0.1, -0.05) is 20.8 Å². The van der Waals surface area contributed by atoms with Crippen molar-refractivity contribution in [3.63, 3.8) is 0 Å². The number of hydrogen-bond acceptors (Lipinski definition) is 3. The zero-order valence-electron chi connectivity index (χ0n) is 8.66. The van der Waals surface area contributed by atoms with E-state index in [0.29, 0.717) is 5.82 Å². The Morgan fingerprint density at radius 3 is 2.71 bits per heavy atom. The summed E-state index contributed by atoms with van der Waals surface area (Å²) in [4.78, 5) is 4.09. The number of fused-ring (bicyclic) bond motifs is 1. The lowest BCUT2D eigenvalue weighted by Crippen LogP contribution is -2.09. The van der Waals surface area contributed by atoms with Crippen LogP contribution in [0.1, 0.15) is 26.3 Å². The lowest BCUT2D eigenvalue weighted by atomic mass is 9.87. The van der Waals surface area contributed by atoms with Gasteiger partial charge in [-0.15, -0.1) is 11.3 Å². The van der Waals surface area contributed by atoms with Crippen molar-refractivity contribution in [1.82, 2.24) is 4.98 Å². The minimum atomic E-state index is 0.173. The van der Waals surface area contributed by atoms with E-state index in [2.05, 4.69) is 31.1 Å². The standard InChI is InChI=1S/C11H14N2S/c1-11(2,3)8-6-14-9-7(8)4-5-13-10(9)12/h4-6H,1-3H3,(H2,12,13). The highest BCUT2D eigenvalue weighted by Crippen LogP contribution is 2.36. The molecule has 0 atom stereocenters. The number of hydrogen-bond donors (Lipinski definition) is 1. The van der Waals surface area contributed by atoms with Crippen LogP contribution < -0.4 is 5.73 Å². The summed E-state index contributed by atoms with van der Waals surface area (Å²) in [6, 6.07) is 2.04. The highest BCUT2D eigenvalue weighted by atomic mass is 32.1. The van der Waals surface area contributed by atoms with E-state index in [4.69, 9.17) is 5.73 Å². The highest BCUT2D eigenvalue weighted by Gasteiger charge is 2.18. The van der Waals surface area contributed by atoms with Gasteiger partial charge in [-0.3, -0.25) is 0 Å². The van der Waals surface area contributed by atoms with Crippen molar-refractivity contribution < 1.29 is 0 Å². The van der Waals surface area contributed by atoms with Crippen molar-refractivity contribution >= 4 is 27.2 Å². The molecule has 0 aromatic carbocycles. The second kappa shape index (κ2) is 2.95. The van der Waals surface area contributed by atoms with Gasteiger partial charge in [0.2, 0.25) is 0 Å². The van der Waals surface area contributed by atoms with E-state index in [-0.39, 0.29) is 5.41 Å². The van der Waals surface area contributed by atoms with E-state index >= 15 is 0 Å². The second-order valence-corrected chi connectivity index (χ2v) is 5.35. The van der Waals surface area contributed by atoms with Gasteiger partial charge in [-0.2, -0.15) is 0 Å². The molecule has 2 N–H and O–H groups in total. The van der Waals surface area contributed by atoms with Gasteiger partial charge < -0.3 is 5.73 Å². The normalized spacial score (nSPS) is 12.2. The van der Waals surface area contributed by atoms with Gasteiger partial charge in [0.1, 0.15) is 5.82 Å². The van der Waals surface area contributed by atoms with E-state index < -0.39 is 0 Å². The van der Waals surface area contributed by atoms with Crippen molar-refractivity contribution in [2.24, 2.45) is 0 Å². The Kier molecular flexibility index (Phi) is 2.00. The SMILES string of the molecule is CC(C)(C)c1csc2c(N)nccc12. The van der Waals surface area contributed by atoms with Crippen molar-refractivity contribution in [3.05, 3.63) is 23.2 Å². The fraction of sp³-hybridized carbons (Fsp3) is 0.364. The number of thiophene rings is 1. The molecule has 0 bridgehead atoms. The average molecular weight is 206 g/mol. The topological polar surface area (TPSA) is 38.9 Å². The Morgan fingerprint density at radius 2 is 2.07 bits per heavy atom. The molecule has 14 heavy (non-hydrogen) atoms. The molecule has 0 amide bonds. The summed E-state index contributed by atoms with van der Waals surface area (Å²) >= 11 is 1.68. The van der Waals surface area contributed by atoms with Crippen molar-refractivity contribution in [2.45, 2.75) is 26.2 Å². The third-order valence-corrected chi connectivity index (χ3v) is 3.34. The largest absolute Gasteiger partial charge is 0.383 e. The predicted molar refractivity (Wildman–Crippen MR) is 62.7 cm³/mol. The molecule has 2 aromatic heterocycles. The van der Waals surface area contributed by atoms with Crippen molar-refractivity contribution in [3.8, 4) is 0 Å². The molecule has 0 aliphatic rings. The van der Waals surface area contributed by atoms with Gasteiger partial charge >= 0.3 is 0 Å². The first-order valence-electron chi connectivity index (χ1n) is 4.62. The second-order valence-electron chi connectivity index (χ2n) is 4.47. The molecule has 0 fully saturated rings. The van der Waals surface area contributed by atoms with Crippen LogP contribution in [-0.2, 0) is 5.41 Å². The number of anilines is 1. The molecule has 2 heterocycles. The van der Waals surface area contributed by atoms with Crippen molar-refractivity contribution in [1.29, 1.82) is 0 Å². The van der Waals surface area contributed by atoms with Crippen LogP contribution in [0.3, 0.4) is 0 Å². The van der Waals surface area contributed by atoms with E-state index in [1.807, 2.05) is 6.07 Å². The summed E-state index contributed by atoms with van der Waals surface area (Å²) in [5.41, 5.74) is 7.34. The Bertz CT molecular complexity index is 466. The Labute approximate surface area is 87.8 Å². The molecule has 0 saturated carbocycles. The maximum Gasteiger partial charge on any atom is 0.141 e. The van der Waals surface area contributed by atoms with Gasteiger partial charge in [0.25, 0.3) is 0 Å². The van der Waals surface area contributed by atoms with Crippen LogP contribution in [0.2, 0.25) is 0 Å². The molecule has 2 aromatic rings. The molecular weight excluding hydrogens is 192 g/mol. The highest BCUT2D eigenvalue weighted by molar-refractivity contribution is 7.18. The van der Waals surface area contributed by atoms with E-state index in [1.54, 1.807) is 17.5 Å². The third kappa shape index (κ3) is 1.38. The minimum Gasteiger partial charge on any atom is -0.383 e. The van der Waals surface area contributed by atoms with Gasteiger partial charge in [0.15, 0.2) is 0 Å². The molecule has 0 aliphatic carbocycles. The molecule has 0 spiro atoms. The molecule has 2 nitrogen and oxygen atoms in total. The summed E-state index contributed by atoms with van der Waals surface area (Å²) in [6.45, 7) is 6.64. The van der Waals surface area contributed by atoms with Gasteiger partial charge in [0.05, 0.1) is 4.70 Å². The first-order chi connectivity index (χ1) is 6.50. The number of rotatable bonds is 0. The van der Waals surface area contributed by atoms with E-state index in [1.165, 1.54) is 10.9 Å². The van der Waals surface area contributed by atoms with Gasteiger partial charge in [-0.25, -0.2) is 4.98 Å². The maximum absolute atomic E-state index is 5.81. The first-order valence-corrected chi connectivity index (χ1v) is 5.50. The quantitative estimate of drug-likeness (QED) is 0.719. The maximum atomic E-state index is 5.81. The summed E-state index contributed by atoms with van der Waals surface area (Å²) in [7, 11) is 0. The van der Waals surface area contributed by atoms with E-state index in [0.717, 1.165) is 4.70 Å². The number of aromatic nitrogens is 1. The molecule has 0 unspecified atom stereocenters. The number of pyridine rings is 1. The molecule has 0 radical (unpaired) electrons. The molecule has 0 saturated heterocycles. The zero-order valence-corrected chi connectivity index (χ0v) is 9.48. The summed E-state index contributed by atoms with van der Waals surface area (Å²) in [5, 5.41) is 3.43. The van der Waals surface area contributed by atoms with Crippen LogP contribution in [0.5, 0.6) is 0 Å². The van der Waals surface area contributed by atoms with Crippen LogP contribution in [0.15, 0.2) is 17.6 Å². The summed E-state index contributed by atoms with van der Waals surface area (Å²) in [5.74, 6) is 0.642. The lowest BCUT2D eigenvalue weighted by molar-refractivity contribution is 0.598. The Morgan fingerprint density at radius 1 is 1.36 bits per heavy atom. The monoisotopic (exact) mass is 206 g/mol. The van der Waals surface area contributed by atoms with Crippen LogP contribution in [0.25, 0.3) is 10.1 Å². The average Bonchev–Trinajstić information content (AvgIpc) is 2.47. The first kappa shape index (κ1) is 9.46. The summed E-state index contributed by atoms with van der Waals surface area (Å²) < 4.78 is 1.11. The molecule has 2 rings (SSSR count). The minimum absolute atomic E-state index is 0.173. The number of nitrogens with zero attached hydrogens (tertiary/aromatic N) is 1. The van der Waals surface area contributed by atoms with Crippen LogP contribution in [0.4, 0.5) is 5.82 Å². The van der Waals surface area contributed by atoms with E-state index in [9.17, 15) is 0 Å². The van der Waals surface area contributed by atoms with Crippen LogP contribution >= 0.6 is 11.3 Å². The molecule has 3 heteroatoms. The Balaban J connectivity index is 2.76. The lowest BCUT2D eigenvalue weighted by Gasteiger charge is -2.17. The van der Waals surface area contributed by atoms with Gasteiger partial charge in [0, 0.05) is 11.6 Å².